The number of nitrogens with one attached hydrogen (secondary N) is 2. The van der Waals surface area contributed by atoms with Crippen LogP contribution in [-0.4, -0.2) is 44.4 Å². The van der Waals surface area contributed by atoms with Gasteiger partial charge in [-0.05, 0) is 39.8 Å². The smallest absolute Gasteiger partial charge is 0.408 e. The molecule has 0 aliphatic heterocycles. The Bertz CT molecular complexity index is 665. The van der Waals surface area contributed by atoms with Crippen LogP contribution in [-0.2, 0) is 19.4 Å². The monoisotopic (exact) mass is 356 g/mol. The third-order valence-electron chi connectivity index (χ3n) is 2.90. The van der Waals surface area contributed by atoms with Crippen molar-refractivity contribution >= 4 is 21.8 Å². The van der Waals surface area contributed by atoms with E-state index < -0.39 is 33.5 Å². The van der Waals surface area contributed by atoms with Gasteiger partial charge < -0.3 is 15.4 Å². The summed E-state index contributed by atoms with van der Waals surface area (Å²) in [4.78, 5) is 23.7. The van der Waals surface area contributed by atoms with Crippen LogP contribution < -0.4 is 10.6 Å². The van der Waals surface area contributed by atoms with E-state index in [1.807, 2.05) is 0 Å². The molecule has 1 atom stereocenters. The fraction of sp³-hybridized carbons (Fsp3) is 0.500. The molecule has 0 aliphatic carbocycles. The molecule has 8 heteroatoms. The van der Waals surface area contributed by atoms with Crippen LogP contribution in [0.2, 0.25) is 0 Å². The summed E-state index contributed by atoms with van der Waals surface area (Å²) in [6.45, 7) is 6.59. The molecule has 2 amide bonds. The van der Waals surface area contributed by atoms with Crippen LogP contribution in [0.1, 0.15) is 27.7 Å². The normalized spacial score (nSPS) is 13.0. The molecule has 0 aromatic heterocycles. The largest absolute Gasteiger partial charge is 0.444 e. The predicted octanol–water partition coefficient (Wildman–Crippen LogP) is 1.49. The van der Waals surface area contributed by atoms with E-state index in [4.69, 9.17) is 4.74 Å². The van der Waals surface area contributed by atoms with Crippen molar-refractivity contribution in [2.75, 3.05) is 12.3 Å². The van der Waals surface area contributed by atoms with Crippen molar-refractivity contribution < 1.29 is 22.7 Å². The first-order chi connectivity index (χ1) is 11.0. The van der Waals surface area contributed by atoms with Gasteiger partial charge in [-0.15, -0.1) is 0 Å². The number of carbonyl (C=O) groups is 2. The van der Waals surface area contributed by atoms with Crippen LogP contribution >= 0.6 is 0 Å². The Morgan fingerprint density at radius 2 is 1.75 bits per heavy atom. The minimum atomic E-state index is -3.46. The van der Waals surface area contributed by atoms with E-state index in [0.29, 0.717) is 0 Å². The lowest BCUT2D eigenvalue weighted by Crippen LogP contribution is -2.47. The van der Waals surface area contributed by atoms with Gasteiger partial charge in [0, 0.05) is 6.54 Å². The van der Waals surface area contributed by atoms with E-state index in [2.05, 4.69) is 10.6 Å². The Kier molecular flexibility index (Phi) is 6.77. The van der Waals surface area contributed by atoms with Gasteiger partial charge in [-0.25, -0.2) is 13.2 Å². The highest BCUT2D eigenvalue weighted by Gasteiger charge is 2.21. The van der Waals surface area contributed by atoms with Crippen LogP contribution in [0, 0.1) is 0 Å². The average molecular weight is 356 g/mol. The summed E-state index contributed by atoms with van der Waals surface area (Å²) in [6.07, 6.45) is -0.706. The predicted molar refractivity (Wildman–Crippen MR) is 90.3 cm³/mol. The maximum atomic E-state index is 12.1. The Balaban J connectivity index is 2.44. The molecule has 0 saturated heterocycles. The highest BCUT2D eigenvalue weighted by atomic mass is 32.2. The van der Waals surface area contributed by atoms with E-state index in [0.717, 1.165) is 0 Å². The maximum absolute atomic E-state index is 12.1. The standard InChI is InChI=1S/C16H24N2O5S/c1-12(18-15(20)23-16(2,3)4)14(19)17-10-11-24(21,22)13-8-6-5-7-9-13/h5-9,12H,10-11H2,1-4H3,(H,17,19)(H,18,20)/t12-/m1/s1. The van der Waals surface area contributed by atoms with Gasteiger partial charge in [0.15, 0.2) is 9.84 Å². The van der Waals surface area contributed by atoms with Crippen LogP contribution in [0.4, 0.5) is 4.79 Å². The Morgan fingerprint density at radius 1 is 1.17 bits per heavy atom. The van der Waals surface area contributed by atoms with Gasteiger partial charge >= 0.3 is 6.09 Å². The summed E-state index contributed by atoms with van der Waals surface area (Å²) in [5.74, 6) is -0.703. The summed E-state index contributed by atoms with van der Waals surface area (Å²) >= 11 is 0. The van der Waals surface area contributed by atoms with Gasteiger partial charge in [0.2, 0.25) is 5.91 Å². The van der Waals surface area contributed by atoms with Crippen LogP contribution in [0.15, 0.2) is 35.2 Å². The zero-order valence-electron chi connectivity index (χ0n) is 14.3. The third-order valence-corrected chi connectivity index (χ3v) is 4.63. The molecule has 24 heavy (non-hydrogen) atoms. The fourth-order valence-corrected chi connectivity index (χ4v) is 2.94. The van der Waals surface area contributed by atoms with E-state index in [1.54, 1.807) is 39.0 Å². The zero-order chi connectivity index (χ0) is 18.4. The van der Waals surface area contributed by atoms with Crippen molar-refractivity contribution in [2.45, 2.75) is 44.2 Å². The van der Waals surface area contributed by atoms with Crippen molar-refractivity contribution in [3.05, 3.63) is 30.3 Å². The molecule has 0 bridgehead atoms. The first kappa shape index (κ1) is 20.0. The summed E-state index contributed by atoms with van der Waals surface area (Å²) in [5.41, 5.74) is -0.663. The van der Waals surface area contributed by atoms with Gasteiger partial charge in [-0.1, -0.05) is 18.2 Å². The topological polar surface area (TPSA) is 102 Å². The molecule has 0 saturated carbocycles. The first-order valence-electron chi connectivity index (χ1n) is 7.56. The van der Waals surface area contributed by atoms with Crippen molar-refractivity contribution in [3.8, 4) is 0 Å². The highest BCUT2D eigenvalue weighted by molar-refractivity contribution is 7.91. The number of carbonyl (C=O) groups excluding carboxylic acids is 2. The lowest BCUT2D eigenvalue weighted by Gasteiger charge is -2.21. The van der Waals surface area contributed by atoms with Crippen molar-refractivity contribution in [3.63, 3.8) is 0 Å². The summed E-state index contributed by atoms with van der Waals surface area (Å²) < 4.78 is 29.2. The second-order valence-corrected chi connectivity index (χ2v) is 8.40. The van der Waals surface area contributed by atoms with Crippen LogP contribution in [0.5, 0.6) is 0 Å². The Hall–Kier alpha value is -2.09. The summed E-state index contributed by atoms with van der Waals surface area (Å²) in [5, 5.41) is 4.88. The maximum Gasteiger partial charge on any atom is 0.408 e. The average Bonchev–Trinajstić information content (AvgIpc) is 2.45. The molecular weight excluding hydrogens is 332 g/mol. The van der Waals surface area contributed by atoms with Gasteiger partial charge in [0.05, 0.1) is 10.6 Å². The molecular formula is C16H24N2O5S. The minimum absolute atomic E-state index is 0.0452. The quantitative estimate of drug-likeness (QED) is 0.804. The van der Waals surface area contributed by atoms with Crippen molar-refractivity contribution in [1.29, 1.82) is 0 Å². The number of alkyl carbamates (subject to hydrolysis) is 1. The first-order valence-corrected chi connectivity index (χ1v) is 9.21. The third kappa shape index (κ3) is 6.99. The van der Waals surface area contributed by atoms with Crippen LogP contribution in [0.3, 0.4) is 0 Å². The molecule has 0 aliphatic rings. The molecule has 2 N–H and O–H groups in total. The van der Waals surface area contributed by atoms with E-state index in [9.17, 15) is 18.0 Å². The lowest BCUT2D eigenvalue weighted by molar-refractivity contribution is -0.122. The second-order valence-electron chi connectivity index (χ2n) is 6.29. The van der Waals surface area contributed by atoms with E-state index in [-0.39, 0.29) is 17.2 Å². The molecule has 0 unspecified atom stereocenters. The zero-order valence-corrected chi connectivity index (χ0v) is 15.1. The number of sulfone groups is 1. The molecule has 0 fully saturated rings. The molecule has 1 aromatic carbocycles. The van der Waals surface area contributed by atoms with Gasteiger partial charge in [-0.2, -0.15) is 0 Å². The Labute approximate surface area is 142 Å². The molecule has 1 rings (SSSR count). The van der Waals surface area contributed by atoms with Gasteiger partial charge in [-0.3, -0.25) is 4.79 Å². The second kappa shape index (κ2) is 8.14. The number of amides is 2. The number of rotatable bonds is 6. The summed E-state index contributed by atoms with van der Waals surface area (Å²) in [6, 6.07) is 7.18. The van der Waals surface area contributed by atoms with Crippen LogP contribution in [0.25, 0.3) is 0 Å². The number of benzene rings is 1. The highest BCUT2D eigenvalue weighted by Crippen LogP contribution is 2.09. The van der Waals surface area contributed by atoms with Crippen molar-refractivity contribution in [2.24, 2.45) is 0 Å². The number of hydrogen-bond donors (Lipinski definition) is 2. The van der Waals surface area contributed by atoms with Gasteiger partial charge in [0.25, 0.3) is 0 Å². The summed E-state index contributed by atoms with van der Waals surface area (Å²) in [7, 11) is -3.46. The number of ether oxygens (including phenoxy) is 1. The molecule has 0 radical (unpaired) electrons. The Morgan fingerprint density at radius 3 is 2.29 bits per heavy atom. The fourth-order valence-electron chi connectivity index (χ4n) is 1.76. The van der Waals surface area contributed by atoms with Crippen molar-refractivity contribution in [1.82, 2.24) is 10.6 Å². The minimum Gasteiger partial charge on any atom is -0.444 e. The molecule has 0 spiro atoms. The molecule has 134 valence electrons. The lowest BCUT2D eigenvalue weighted by atomic mass is 10.2. The number of hydrogen-bond acceptors (Lipinski definition) is 5. The molecule has 7 nitrogen and oxygen atoms in total. The SMILES string of the molecule is C[C@@H](NC(=O)OC(C)(C)C)C(=O)NCCS(=O)(=O)c1ccccc1. The van der Waals surface area contributed by atoms with E-state index in [1.165, 1.54) is 19.1 Å². The van der Waals surface area contributed by atoms with E-state index >= 15 is 0 Å². The van der Waals surface area contributed by atoms with Gasteiger partial charge in [0.1, 0.15) is 11.6 Å². The molecule has 0 heterocycles. The molecule has 1 aromatic rings.